The zero-order valence-corrected chi connectivity index (χ0v) is 13.5. The molecule has 0 aliphatic rings. The molecule has 0 bridgehead atoms. The largest absolute Gasteiger partial charge is 0.496 e. The first-order valence-corrected chi connectivity index (χ1v) is 7.33. The van der Waals surface area contributed by atoms with Crippen molar-refractivity contribution in [1.29, 1.82) is 0 Å². The number of carbonyl (C=O) groups excluding carboxylic acids is 2. The normalized spacial score (nSPS) is 10.1. The highest BCUT2D eigenvalue weighted by Gasteiger charge is 2.12. The van der Waals surface area contributed by atoms with Crippen LogP contribution in [0, 0.1) is 12.7 Å². The van der Waals surface area contributed by atoms with E-state index in [1.807, 2.05) is 6.92 Å². The fourth-order valence-corrected chi connectivity index (χ4v) is 2.05. The number of methoxy groups -OCH3 is 1. The highest BCUT2D eigenvalue weighted by molar-refractivity contribution is 5.91. The van der Waals surface area contributed by atoms with Gasteiger partial charge < -0.3 is 14.8 Å². The maximum Gasteiger partial charge on any atom is 0.338 e. The van der Waals surface area contributed by atoms with Crippen molar-refractivity contribution < 1.29 is 23.5 Å². The van der Waals surface area contributed by atoms with Crippen LogP contribution in [0.4, 0.5) is 4.39 Å². The van der Waals surface area contributed by atoms with Gasteiger partial charge in [0.15, 0.2) is 6.61 Å². The number of amides is 1. The van der Waals surface area contributed by atoms with Gasteiger partial charge >= 0.3 is 5.97 Å². The smallest absolute Gasteiger partial charge is 0.338 e. The van der Waals surface area contributed by atoms with Crippen LogP contribution in [0.3, 0.4) is 0 Å². The standard InChI is InChI=1S/C18H18FNO4/c1-12-7-8-13(9-16(12)23-2)18(22)24-11-17(21)20-10-14-5-3-4-6-15(14)19/h3-9H,10-11H2,1-2H3,(H,20,21). The van der Waals surface area contributed by atoms with Gasteiger partial charge in [0, 0.05) is 12.1 Å². The monoisotopic (exact) mass is 331 g/mol. The molecule has 0 atom stereocenters. The molecule has 2 aromatic carbocycles. The fourth-order valence-electron chi connectivity index (χ4n) is 2.05. The van der Waals surface area contributed by atoms with Crippen LogP contribution in [0.2, 0.25) is 0 Å². The molecular weight excluding hydrogens is 313 g/mol. The average molecular weight is 331 g/mol. The van der Waals surface area contributed by atoms with Crippen LogP contribution in [-0.2, 0) is 16.1 Å². The Morgan fingerprint density at radius 2 is 1.92 bits per heavy atom. The van der Waals surface area contributed by atoms with Gasteiger partial charge in [0.05, 0.1) is 12.7 Å². The zero-order valence-electron chi connectivity index (χ0n) is 13.5. The molecule has 24 heavy (non-hydrogen) atoms. The van der Waals surface area contributed by atoms with Crippen molar-refractivity contribution in [3.8, 4) is 5.75 Å². The van der Waals surface area contributed by atoms with Gasteiger partial charge in [0.25, 0.3) is 5.91 Å². The van der Waals surface area contributed by atoms with Crippen molar-refractivity contribution in [2.45, 2.75) is 13.5 Å². The Bertz CT molecular complexity index is 746. The number of carbonyl (C=O) groups is 2. The third-order valence-electron chi connectivity index (χ3n) is 3.41. The lowest BCUT2D eigenvalue weighted by Gasteiger charge is -2.09. The molecule has 1 amide bonds. The number of nitrogens with one attached hydrogen (secondary N) is 1. The molecule has 0 radical (unpaired) electrons. The molecule has 0 unspecified atom stereocenters. The molecule has 1 N–H and O–H groups in total. The van der Waals surface area contributed by atoms with E-state index < -0.39 is 24.3 Å². The number of hydrogen-bond acceptors (Lipinski definition) is 4. The van der Waals surface area contributed by atoms with Gasteiger partial charge in [-0.2, -0.15) is 0 Å². The Morgan fingerprint density at radius 1 is 1.17 bits per heavy atom. The summed E-state index contributed by atoms with van der Waals surface area (Å²) in [5.41, 5.74) is 1.54. The molecule has 0 saturated heterocycles. The third-order valence-corrected chi connectivity index (χ3v) is 3.41. The highest BCUT2D eigenvalue weighted by atomic mass is 19.1. The molecule has 0 aromatic heterocycles. The van der Waals surface area contributed by atoms with E-state index >= 15 is 0 Å². The summed E-state index contributed by atoms with van der Waals surface area (Å²) in [6.45, 7) is 1.44. The molecule has 2 aromatic rings. The predicted octanol–water partition coefficient (Wildman–Crippen LogP) is 2.62. The van der Waals surface area contributed by atoms with Gasteiger partial charge in [-0.25, -0.2) is 9.18 Å². The molecule has 0 fully saturated rings. The van der Waals surface area contributed by atoms with E-state index in [9.17, 15) is 14.0 Å². The minimum absolute atomic E-state index is 0.0292. The van der Waals surface area contributed by atoms with Crippen molar-refractivity contribution in [3.63, 3.8) is 0 Å². The number of benzene rings is 2. The molecule has 0 aliphatic heterocycles. The average Bonchev–Trinajstić information content (AvgIpc) is 2.59. The summed E-state index contributed by atoms with van der Waals surface area (Å²) < 4.78 is 23.5. The summed E-state index contributed by atoms with van der Waals surface area (Å²) in [6, 6.07) is 11.0. The summed E-state index contributed by atoms with van der Waals surface area (Å²) in [7, 11) is 1.51. The Hall–Kier alpha value is -2.89. The van der Waals surface area contributed by atoms with Gasteiger partial charge in [-0.3, -0.25) is 4.79 Å². The minimum atomic E-state index is -0.630. The van der Waals surface area contributed by atoms with Crippen LogP contribution < -0.4 is 10.1 Å². The first-order valence-electron chi connectivity index (χ1n) is 7.33. The van der Waals surface area contributed by atoms with E-state index in [4.69, 9.17) is 9.47 Å². The van der Waals surface area contributed by atoms with Crippen LogP contribution in [0.1, 0.15) is 21.5 Å². The number of aryl methyl sites for hydroxylation is 1. The Morgan fingerprint density at radius 3 is 2.62 bits per heavy atom. The molecule has 0 spiro atoms. The summed E-state index contributed by atoms with van der Waals surface area (Å²) in [4.78, 5) is 23.6. The molecule has 2 rings (SSSR count). The van der Waals surface area contributed by atoms with Gasteiger partial charge in [0.2, 0.25) is 0 Å². The topological polar surface area (TPSA) is 64.6 Å². The predicted molar refractivity (Wildman–Crippen MR) is 86.3 cm³/mol. The van der Waals surface area contributed by atoms with E-state index in [2.05, 4.69) is 5.32 Å². The Labute approximate surface area is 139 Å². The minimum Gasteiger partial charge on any atom is -0.496 e. The second kappa shape index (κ2) is 8.10. The van der Waals surface area contributed by atoms with E-state index in [1.54, 1.807) is 36.4 Å². The number of rotatable bonds is 6. The van der Waals surface area contributed by atoms with E-state index in [1.165, 1.54) is 13.2 Å². The fraction of sp³-hybridized carbons (Fsp3) is 0.222. The quantitative estimate of drug-likeness (QED) is 0.827. The maximum atomic E-state index is 13.4. The molecule has 0 aliphatic carbocycles. The van der Waals surface area contributed by atoms with Crippen LogP contribution >= 0.6 is 0 Å². The summed E-state index contributed by atoms with van der Waals surface area (Å²) in [6.07, 6.45) is 0. The summed E-state index contributed by atoms with van der Waals surface area (Å²) in [5, 5.41) is 2.50. The highest BCUT2D eigenvalue weighted by Crippen LogP contribution is 2.19. The second-order valence-corrected chi connectivity index (χ2v) is 5.13. The van der Waals surface area contributed by atoms with Gasteiger partial charge in [-0.15, -0.1) is 0 Å². The van der Waals surface area contributed by atoms with Crippen molar-refractivity contribution in [2.24, 2.45) is 0 Å². The molecule has 0 saturated carbocycles. The van der Waals surface area contributed by atoms with Crippen molar-refractivity contribution in [3.05, 3.63) is 65.0 Å². The maximum absolute atomic E-state index is 13.4. The molecule has 5 nitrogen and oxygen atoms in total. The summed E-state index contributed by atoms with van der Waals surface area (Å²) in [5.74, 6) is -0.977. The molecular formula is C18H18FNO4. The lowest BCUT2D eigenvalue weighted by atomic mass is 10.1. The Kier molecular flexibility index (Phi) is 5.89. The van der Waals surface area contributed by atoms with Gasteiger partial charge in [0.1, 0.15) is 11.6 Å². The van der Waals surface area contributed by atoms with E-state index in [0.717, 1.165) is 5.56 Å². The van der Waals surface area contributed by atoms with Crippen molar-refractivity contribution in [1.82, 2.24) is 5.32 Å². The van der Waals surface area contributed by atoms with Crippen molar-refractivity contribution >= 4 is 11.9 Å². The van der Waals surface area contributed by atoms with E-state index in [-0.39, 0.29) is 6.54 Å². The molecule has 0 heterocycles. The SMILES string of the molecule is COc1cc(C(=O)OCC(=O)NCc2ccccc2F)ccc1C. The summed E-state index contributed by atoms with van der Waals surface area (Å²) >= 11 is 0. The second-order valence-electron chi connectivity index (χ2n) is 5.13. The van der Waals surface area contributed by atoms with Crippen LogP contribution in [-0.4, -0.2) is 25.6 Å². The third kappa shape index (κ3) is 4.55. The van der Waals surface area contributed by atoms with Gasteiger partial charge in [-0.1, -0.05) is 24.3 Å². The Balaban J connectivity index is 1.85. The number of esters is 1. The number of halogens is 1. The van der Waals surface area contributed by atoms with Crippen LogP contribution in [0.5, 0.6) is 5.75 Å². The number of hydrogen-bond donors (Lipinski definition) is 1. The van der Waals surface area contributed by atoms with Crippen molar-refractivity contribution in [2.75, 3.05) is 13.7 Å². The van der Waals surface area contributed by atoms with Crippen LogP contribution in [0.25, 0.3) is 0 Å². The molecule has 6 heteroatoms. The lowest BCUT2D eigenvalue weighted by Crippen LogP contribution is -2.28. The number of ether oxygens (including phenoxy) is 2. The lowest BCUT2D eigenvalue weighted by molar-refractivity contribution is -0.124. The van der Waals surface area contributed by atoms with E-state index in [0.29, 0.717) is 16.9 Å². The van der Waals surface area contributed by atoms with Gasteiger partial charge in [-0.05, 0) is 30.7 Å². The van der Waals surface area contributed by atoms with Crippen LogP contribution in [0.15, 0.2) is 42.5 Å². The first kappa shape index (κ1) is 17.5. The molecule has 126 valence electrons. The zero-order chi connectivity index (χ0) is 17.5. The first-order chi connectivity index (χ1) is 11.5.